The first-order valence-electron chi connectivity index (χ1n) is 3.76. The van der Waals surface area contributed by atoms with E-state index in [1.165, 1.54) is 9.78 Å². The number of hydrogen-bond acceptors (Lipinski definition) is 2. The molecule has 0 bridgehead atoms. The number of rotatable bonds is 3. The lowest BCUT2D eigenvalue weighted by Crippen LogP contribution is -2.26. The Kier molecular flexibility index (Phi) is 3.74. The van der Waals surface area contributed by atoms with Crippen LogP contribution in [-0.2, 0) is 6.42 Å². The Labute approximate surface area is 89.1 Å². The molecule has 0 saturated carbocycles. The van der Waals surface area contributed by atoms with E-state index in [0.29, 0.717) is 6.54 Å². The number of hydrogen-bond donors (Lipinski definition) is 1. The molecule has 13 heavy (non-hydrogen) atoms. The molecule has 0 aliphatic carbocycles. The smallest absolute Gasteiger partial charge is 0.407 e. The summed E-state index contributed by atoms with van der Waals surface area (Å²) in [6.45, 7) is 0.544. The van der Waals surface area contributed by atoms with Crippen molar-refractivity contribution in [3.05, 3.63) is 20.8 Å². The molecule has 72 valence electrons. The third-order valence-electron chi connectivity index (χ3n) is 1.64. The predicted molar refractivity (Wildman–Crippen MR) is 56.4 cm³/mol. The van der Waals surface area contributed by atoms with Gasteiger partial charge in [-0.3, -0.25) is 0 Å². The number of thiophene rings is 1. The van der Waals surface area contributed by atoms with Gasteiger partial charge >= 0.3 is 6.09 Å². The number of amides is 1. The molecular weight excluding hydrogens is 254 g/mol. The van der Waals surface area contributed by atoms with Crippen molar-refractivity contribution in [2.45, 2.75) is 6.42 Å². The fraction of sp³-hybridized carbons (Fsp3) is 0.375. The summed E-state index contributed by atoms with van der Waals surface area (Å²) in [5.41, 5.74) is 0. The van der Waals surface area contributed by atoms with E-state index < -0.39 is 6.09 Å². The van der Waals surface area contributed by atoms with Gasteiger partial charge in [-0.1, -0.05) is 0 Å². The summed E-state index contributed by atoms with van der Waals surface area (Å²) in [7, 11) is 1.57. The van der Waals surface area contributed by atoms with Crippen molar-refractivity contribution in [2.75, 3.05) is 13.6 Å². The Bertz CT molecular complexity index is 300. The Morgan fingerprint density at radius 3 is 2.92 bits per heavy atom. The van der Waals surface area contributed by atoms with Crippen LogP contribution in [0.3, 0.4) is 0 Å². The first-order chi connectivity index (χ1) is 6.09. The maximum absolute atomic E-state index is 10.4. The first kappa shape index (κ1) is 10.5. The molecule has 0 aliphatic heterocycles. The summed E-state index contributed by atoms with van der Waals surface area (Å²) in [5.74, 6) is 0. The maximum atomic E-state index is 10.4. The van der Waals surface area contributed by atoms with Crippen molar-refractivity contribution in [1.82, 2.24) is 4.90 Å². The van der Waals surface area contributed by atoms with Crippen molar-refractivity contribution < 1.29 is 9.90 Å². The van der Waals surface area contributed by atoms with Crippen LogP contribution < -0.4 is 0 Å². The fourth-order valence-corrected chi connectivity index (χ4v) is 2.30. The van der Waals surface area contributed by atoms with Gasteiger partial charge in [0.1, 0.15) is 0 Å². The van der Waals surface area contributed by atoms with Crippen molar-refractivity contribution >= 4 is 33.4 Å². The van der Waals surface area contributed by atoms with Crippen LogP contribution in [0.15, 0.2) is 15.9 Å². The molecule has 1 rings (SSSR count). The van der Waals surface area contributed by atoms with Crippen LogP contribution >= 0.6 is 27.3 Å². The Balaban J connectivity index is 2.39. The zero-order valence-corrected chi connectivity index (χ0v) is 9.56. The molecule has 0 fully saturated rings. The molecule has 0 saturated heterocycles. The first-order valence-corrected chi connectivity index (χ1v) is 5.44. The van der Waals surface area contributed by atoms with Crippen LogP contribution in [0.25, 0.3) is 0 Å². The van der Waals surface area contributed by atoms with Gasteiger partial charge in [0, 0.05) is 28.3 Å². The number of likely N-dealkylation sites (N-methyl/N-ethyl adjacent to an activating group) is 1. The lowest BCUT2D eigenvalue weighted by atomic mass is 10.3. The molecule has 1 heterocycles. The molecule has 5 heteroatoms. The quantitative estimate of drug-likeness (QED) is 0.911. The van der Waals surface area contributed by atoms with E-state index in [1.807, 2.05) is 11.4 Å². The highest BCUT2D eigenvalue weighted by atomic mass is 79.9. The lowest BCUT2D eigenvalue weighted by Gasteiger charge is -2.10. The second-order valence-electron chi connectivity index (χ2n) is 2.69. The zero-order chi connectivity index (χ0) is 9.84. The van der Waals surface area contributed by atoms with E-state index >= 15 is 0 Å². The largest absolute Gasteiger partial charge is 0.465 e. The molecule has 0 atom stereocenters. The van der Waals surface area contributed by atoms with E-state index in [2.05, 4.69) is 15.9 Å². The molecule has 0 aromatic carbocycles. The van der Waals surface area contributed by atoms with Crippen molar-refractivity contribution in [1.29, 1.82) is 0 Å². The van der Waals surface area contributed by atoms with Crippen molar-refractivity contribution in [2.24, 2.45) is 0 Å². The Hall–Kier alpha value is -0.550. The lowest BCUT2D eigenvalue weighted by molar-refractivity contribution is 0.156. The third-order valence-corrected chi connectivity index (χ3v) is 3.40. The SMILES string of the molecule is CN(CCc1cc(Br)cs1)C(=O)O. The average Bonchev–Trinajstić information content (AvgIpc) is 2.47. The Morgan fingerprint density at radius 2 is 2.46 bits per heavy atom. The average molecular weight is 264 g/mol. The van der Waals surface area contributed by atoms with E-state index in [-0.39, 0.29) is 0 Å². The molecule has 1 amide bonds. The molecule has 0 unspecified atom stereocenters. The maximum Gasteiger partial charge on any atom is 0.407 e. The number of carboxylic acid groups (broad SMARTS) is 1. The normalized spacial score (nSPS) is 10.0. The van der Waals surface area contributed by atoms with Gasteiger partial charge in [-0.05, 0) is 28.4 Å². The molecule has 0 spiro atoms. The summed E-state index contributed by atoms with van der Waals surface area (Å²) in [4.78, 5) is 12.9. The summed E-state index contributed by atoms with van der Waals surface area (Å²) in [6, 6.07) is 2.01. The molecule has 0 aliphatic rings. The number of halogens is 1. The standard InChI is InChI=1S/C8H10BrNO2S/c1-10(8(11)12)3-2-7-4-6(9)5-13-7/h4-5H,2-3H2,1H3,(H,11,12). The highest BCUT2D eigenvalue weighted by molar-refractivity contribution is 9.10. The van der Waals surface area contributed by atoms with E-state index in [0.717, 1.165) is 10.9 Å². The molecule has 1 aromatic heterocycles. The van der Waals surface area contributed by atoms with Crippen LogP contribution in [0.2, 0.25) is 0 Å². The van der Waals surface area contributed by atoms with Gasteiger partial charge in [-0.2, -0.15) is 0 Å². The van der Waals surface area contributed by atoms with Crippen LogP contribution in [-0.4, -0.2) is 29.7 Å². The molecule has 3 nitrogen and oxygen atoms in total. The van der Waals surface area contributed by atoms with Crippen LogP contribution in [0.4, 0.5) is 4.79 Å². The van der Waals surface area contributed by atoms with Gasteiger partial charge in [0.25, 0.3) is 0 Å². The minimum Gasteiger partial charge on any atom is -0.465 e. The van der Waals surface area contributed by atoms with Gasteiger partial charge in [-0.25, -0.2) is 4.79 Å². The molecule has 0 radical (unpaired) electrons. The van der Waals surface area contributed by atoms with E-state index in [9.17, 15) is 4.79 Å². The summed E-state index contributed by atoms with van der Waals surface area (Å²) in [6.07, 6.45) is -0.102. The molecule has 1 aromatic rings. The predicted octanol–water partition coefficient (Wildman–Crippen LogP) is 2.66. The topological polar surface area (TPSA) is 40.5 Å². The van der Waals surface area contributed by atoms with Crippen molar-refractivity contribution in [3.63, 3.8) is 0 Å². The van der Waals surface area contributed by atoms with E-state index in [1.54, 1.807) is 18.4 Å². The second kappa shape index (κ2) is 4.62. The minimum atomic E-state index is -0.879. The highest BCUT2D eigenvalue weighted by Gasteiger charge is 2.05. The van der Waals surface area contributed by atoms with Gasteiger partial charge in [0.15, 0.2) is 0 Å². The number of carbonyl (C=O) groups is 1. The highest BCUT2D eigenvalue weighted by Crippen LogP contribution is 2.20. The van der Waals surface area contributed by atoms with Gasteiger partial charge in [0.2, 0.25) is 0 Å². The second-order valence-corrected chi connectivity index (χ2v) is 4.60. The minimum absolute atomic E-state index is 0.544. The van der Waals surface area contributed by atoms with E-state index in [4.69, 9.17) is 5.11 Å². The van der Waals surface area contributed by atoms with Crippen LogP contribution in [0, 0.1) is 0 Å². The summed E-state index contributed by atoms with van der Waals surface area (Å²) in [5, 5.41) is 10.6. The molecule has 1 N–H and O–H groups in total. The van der Waals surface area contributed by atoms with Crippen LogP contribution in [0.5, 0.6) is 0 Å². The zero-order valence-electron chi connectivity index (χ0n) is 7.16. The van der Waals surface area contributed by atoms with Crippen LogP contribution in [0.1, 0.15) is 4.88 Å². The number of nitrogens with zero attached hydrogens (tertiary/aromatic N) is 1. The molecular formula is C8H10BrNO2S. The monoisotopic (exact) mass is 263 g/mol. The van der Waals surface area contributed by atoms with Crippen molar-refractivity contribution in [3.8, 4) is 0 Å². The third kappa shape index (κ3) is 3.36. The Morgan fingerprint density at radius 1 is 1.77 bits per heavy atom. The summed E-state index contributed by atoms with van der Waals surface area (Å²) >= 11 is 4.99. The van der Waals surface area contributed by atoms with Gasteiger partial charge < -0.3 is 10.0 Å². The van der Waals surface area contributed by atoms with Gasteiger partial charge in [0.05, 0.1) is 0 Å². The summed E-state index contributed by atoms with van der Waals surface area (Å²) < 4.78 is 1.06. The fourth-order valence-electron chi connectivity index (χ4n) is 0.858. The van der Waals surface area contributed by atoms with Gasteiger partial charge in [-0.15, -0.1) is 11.3 Å².